The molecule has 9 nitrogen and oxygen atoms in total. The molecule has 2 N–H and O–H groups in total. The van der Waals surface area contributed by atoms with Crippen LogP contribution < -0.4 is 5.32 Å². The van der Waals surface area contributed by atoms with Crippen LogP contribution in [0.5, 0.6) is 0 Å². The largest absolute Gasteiger partial charge is 0.480 e. The molecular weight excluding hydrogens is 366 g/mol. The van der Waals surface area contributed by atoms with E-state index in [1.807, 2.05) is 0 Å². The third-order valence-electron chi connectivity index (χ3n) is 5.07. The first kappa shape index (κ1) is 22.0. The number of likely N-dealkylation sites (tertiary alicyclic amines) is 2. The molecule has 2 heterocycles. The van der Waals surface area contributed by atoms with Crippen LogP contribution in [0.2, 0.25) is 0 Å². The summed E-state index contributed by atoms with van der Waals surface area (Å²) in [6.07, 6.45) is 1.84. The molecule has 0 radical (unpaired) electrons. The van der Waals surface area contributed by atoms with Gasteiger partial charge in [0.2, 0.25) is 11.8 Å². The van der Waals surface area contributed by atoms with Gasteiger partial charge in [-0.1, -0.05) is 0 Å². The molecule has 2 fully saturated rings. The van der Waals surface area contributed by atoms with Crippen LogP contribution in [0.3, 0.4) is 0 Å². The Balaban J connectivity index is 1.89. The number of ether oxygens (including phenoxy) is 1. The lowest BCUT2D eigenvalue weighted by Gasteiger charge is -2.35. The second kappa shape index (κ2) is 8.79. The van der Waals surface area contributed by atoms with Crippen molar-refractivity contribution in [3.63, 3.8) is 0 Å². The highest BCUT2D eigenvalue weighted by Crippen LogP contribution is 2.25. The third-order valence-corrected chi connectivity index (χ3v) is 5.07. The van der Waals surface area contributed by atoms with E-state index < -0.39 is 29.7 Å². The standard InChI is InChI=1S/C19H31N3O6/c1-12(17(25)26)20-15(23)13-7-10-21(11-8-13)16(24)14-6-5-9-22(14)18(27)28-19(2,3)4/h12-14H,5-11H2,1-4H3,(H,20,23)(H,25,26). The quantitative estimate of drug-likeness (QED) is 0.737. The van der Waals surface area contributed by atoms with Crippen molar-refractivity contribution < 1.29 is 29.0 Å². The summed E-state index contributed by atoms with van der Waals surface area (Å²) < 4.78 is 5.41. The zero-order valence-electron chi connectivity index (χ0n) is 17.1. The molecule has 2 saturated heterocycles. The van der Waals surface area contributed by atoms with E-state index in [1.165, 1.54) is 11.8 Å². The van der Waals surface area contributed by atoms with Gasteiger partial charge in [0.15, 0.2) is 0 Å². The number of piperidine rings is 1. The van der Waals surface area contributed by atoms with Crippen molar-refractivity contribution in [1.82, 2.24) is 15.1 Å². The first-order chi connectivity index (χ1) is 13.0. The highest BCUT2D eigenvalue weighted by molar-refractivity contribution is 5.87. The number of carboxylic acid groups (broad SMARTS) is 1. The molecule has 0 spiro atoms. The number of nitrogens with one attached hydrogen (secondary N) is 1. The molecule has 28 heavy (non-hydrogen) atoms. The lowest BCUT2D eigenvalue weighted by Crippen LogP contribution is -2.52. The van der Waals surface area contributed by atoms with Gasteiger partial charge in [0, 0.05) is 25.6 Å². The Labute approximate surface area is 165 Å². The fraction of sp³-hybridized carbons (Fsp3) is 0.789. The Bertz CT molecular complexity index is 622. The van der Waals surface area contributed by atoms with Crippen LogP contribution in [-0.4, -0.2) is 76.1 Å². The Morgan fingerprint density at radius 1 is 1.07 bits per heavy atom. The molecular formula is C19H31N3O6. The predicted molar refractivity (Wildman–Crippen MR) is 101 cm³/mol. The number of nitrogens with zero attached hydrogens (tertiary/aromatic N) is 2. The summed E-state index contributed by atoms with van der Waals surface area (Å²) in [5, 5.41) is 11.4. The van der Waals surface area contributed by atoms with E-state index in [1.54, 1.807) is 25.7 Å². The van der Waals surface area contributed by atoms with Gasteiger partial charge in [-0.05, 0) is 53.4 Å². The van der Waals surface area contributed by atoms with Crippen molar-refractivity contribution in [2.45, 2.75) is 71.1 Å². The van der Waals surface area contributed by atoms with Gasteiger partial charge in [0.05, 0.1) is 0 Å². The van der Waals surface area contributed by atoms with Crippen LogP contribution in [0.4, 0.5) is 4.79 Å². The second-order valence-corrected chi connectivity index (χ2v) is 8.50. The van der Waals surface area contributed by atoms with E-state index in [2.05, 4.69) is 5.32 Å². The summed E-state index contributed by atoms with van der Waals surface area (Å²) in [6, 6.07) is -1.46. The van der Waals surface area contributed by atoms with Crippen LogP contribution in [-0.2, 0) is 19.1 Å². The van der Waals surface area contributed by atoms with Crippen molar-refractivity contribution in [3.05, 3.63) is 0 Å². The molecule has 2 unspecified atom stereocenters. The molecule has 0 aromatic heterocycles. The Hall–Kier alpha value is -2.32. The van der Waals surface area contributed by atoms with Gasteiger partial charge < -0.3 is 20.1 Å². The topological polar surface area (TPSA) is 116 Å². The average molecular weight is 397 g/mol. The lowest BCUT2D eigenvalue weighted by atomic mass is 9.95. The number of carbonyl (C=O) groups is 4. The van der Waals surface area contributed by atoms with Gasteiger partial charge in [0.25, 0.3) is 0 Å². The van der Waals surface area contributed by atoms with Gasteiger partial charge >= 0.3 is 12.1 Å². The highest BCUT2D eigenvalue weighted by atomic mass is 16.6. The zero-order chi connectivity index (χ0) is 21.1. The Morgan fingerprint density at radius 3 is 2.21 bits per heavy atom. The van der Waals surface area contributed by atoms with Crippen LogP contribution in [0, 0.1) is 5.92 Å². The second-order valence-electron chi connectivity index (χ2n) is 8.50. The SMILES string of the molecule is CC(NC(=O)C1CCN(C(=O)C2CCCN2C(=O)OC(C)(C)C)CC1)C(=O)O. The van der Waals surface area contributed by atoms with E-state index in [0.717, 1.165) is 6.42 Å². The summed E-state index contributed by atoms with van der Waals surface area (Å²) in [4.78, 5) is 51.5. The first-order valence-corrected chi connectivity index (χ1v) is 9.81. The fourth-order valence-corrected chi connectivity index (χ4v) is 3.53. The molecule has 2 atom stereocenters. The van der Waals surface area contributed by atoms with Gasteiger partial charge in [-0.15, -0.1) is 0 Å². The molecule has 3 amide bonds. The van der Waals surface area contributed by atoms with Gasteiger partial charge in [-0.2, -0.15) is 0 Å². The minimum absolute atomic E-state index is 0.110. The molecule has 0 bridgehead atoms. The van der Waals surface area contributed by atoms with Crippen LogP contribution >= 0.6 is 0 Å². The van der Waals surface area contributed by atoms with Gasteiger partial charge in [-0.25, -0.2) is 4.79 Å². The highest BCUT2D eigenvalue weighted by Gasteiger charge is 2.40. The Morgan fingerprint density at radius 2 is 1.68 bits per heavy atom. The normalized spacial score (nSPS) is 21.9. The third kappa shape index (κ3) is 5.59. The van der Waals surface area contributed by atoms with Gasteiger partial charge in [-0.3, -0.25) is 19.3 Å². The molecule has 158 valence electrons. The van der Waals surface area contributed by atoms with Crippen LogP contribution in [0.25, 0.3) is 0 Å². The van der Waals surface area contributed by atoms with Crippen molar-refractivity contribution in [1.29, 1.82) is 0 Å². The van der Waals surface area contributed by atoms with Crippen LogP contribution in [0.15, 0.2) is 0 Å². The number of amides is 3. The lowest BCUT2D eigenvalue weighted by molar-refractivity contribution is -0.143. The summed E-state index contributed by atoms with van der Waals surface area (Å²) in [5.41, 5.74) is -0.619. The van der Waals surface area contributed by atoms with Crippen molar-refractivity contribution in [3.8, 4) is 0 Å². The fourth-order valence-electron chi connectivity index (χ4n) is 3.53. The molecule has 2 aliphatic heterocycles. The van der Waals surface area contributed by atoms with E-state index >= 15 is 0 Å². The molecule has 0 aromatic carbocycles. The average Bonchev–Trinajstić information content (AvgIpc) is 3.09. The zero-order valence-corrected chi connectivity index (χ0v) is 17.1. The number of aliphatic carboxylic acids is 1. The number of carboxylic acids is 1. The van der Waals surface area contributed by atoms with Crippen LogP contribution in [0.1, 0.15) is 53.4 Å². The summed E-state index contributed by atoms with van der Waals surface area (Å²) in [6.45, 7) is 8.12. The maximum absolute atomic E-state index is 12.9. The number of hydrogen-bond acceptors (Lipinski definition) is 5. The summed E-state index contributed by atoms with van der Waals surface area (Å²) >= 11 is 0. The molecule has 0 aliphatic carbocycles. The Kier molecular flexibility index (Phi) is 6.90. The predicted octanol–water partition coefficient (Wildman–Crippen LogP) is 1.21. The molecule has 0 saturated carbocycles. The summed E-state index contributed by atoms with van der Waals surface area (Å²) in [7, 11) is 0. The minimum Gasteiger partial charge on any atom is -0.480 e. The maximum Gasteiger partial charge on any atom is 0.410 e. The molecule has 2 rings (SSSR count). The number of rotatable bonds is 4. The minimum atomic E-state index is -1.08. The maximum atomic E-state index is 12.9. The van der Waals surface area contributed by atoms with E-state index in [9.17, 15) is 19.2 Å². The van der Waals surface area contributed by atoms with E-state index in [4.69, 9.17) is 9.84 Å². The smallest absolute Gasteiger partial charge is 0.410 e. The van der Waals surface area contributed by atoms with Crippen molar-refractivity contribution in [2.75, 3.05) is 19.6 Å². The van der Waals surface area contributed by atoms with Crippen molar-refractivity contribution in [2.24, 2.45) is 5.92 Å². The first-order valence-electron chi connectivity index (χ1n) is 9.81. The molecule has 0 aromatic rings. The van der Waals surface area contributed by atoms with Gasteiger partial charge in [0.1, 0.15) is 17.7 Å². The van der Waals surface area contributed by atoms with E-state index in [0.29, 0.717) is 38.9 Å². The summed E-state index contributed by atoms with van der Waals surface area (Å²) in [5.74, 6) is -1.79. The van der Waals surface area contributed by atoms with Crippen molar-refractivity contribution >= 4 is 23.9 Å². The monoisotopic (exact) mass is 397 g/mol. The number of hydrogen-bond donors (Lipinski definition) is 2. The van der Waals surface area contributed by atoms with E-state index in [-0.39, 0.29) is 17.7 Å². The molecule has 2 aliphatic rings. The molecule has 9 heteroatoms. The number of carbonyl (C=O) groups excluding carboxylic acids is 3.